The smallest absolute Gasteiger partial charge is 0.283 e. The third-order valence-electron chi connectivity index (χ3n) is 4.94. The topological polar surface area (TPSA) is 122 Å². The van der Waals surface area contributed by atoms with Gasteiger partial charge in [0, 0.05) is 11.3 Å². The first-order valence-corrected chi connectivity index (χ1v) is 11.3. The van der Waals surface area contributed by atoms with Crippen molar-refractivity contribution in [3.05, 3.63) is 76.3 Å². The molecule has 0 spiro atoms. The van der Waals surface area contributed by atoms with E-state index < -0.39 is 32.7 Å². The molecule has 1 aliphatic rings. The van der Waals surface area contributed by atoms with Crippen LogP contribution in [-0.2, 0) is 19.6 Å². The molecular weight excluding hydrogens is 475 g/mol. The van der Waals surface area contributed by atoms with Crippen LogP contribution in [0.3, 0.4) is 0 Å². The van der Waals surface area contributed by atoms with Gasteiger partial charge < -0.3 is 9.84 Å². The van der Waals surface area contributed by atoms with Crippen LogP contribution in [0.5, 0.6) is 0 Å². The molecular formula is C21H16ClFN4O5S. The molecule has 33 heavy (non-hydrogen) atoms. The van der Waals surface area contributed by atoms with Crippen molar-refractivity contribution in [3.63, 3.8) is 0 Å². The van der Waals surface area contributed by atoms with Crippen molar-refractivity contribution < 1.29 is 26.9 Å². The highest BCUT2D eigenvalue weighted by molar-refractivity contribution is 7.92. The Balaban J connectivity index is 1.54. The van der Waals surface area contributed by atoms with Gasteiger partial charge in [0.15, 0.2) is 0 Å². The van der Waals surface area contributed by atoms with E-state index in [1.165, 1.54) is 42.5 Å². The first kappa shape index (κ1) is 22.5. The first-order chi connectivity index (χ1) is 15.6. The number of halogens is 2. The summed E-state index contributed by atoms with van der Waals surface area (Å²) in [6.07, 6.45) is 0. The van der Waals surface area contributed by atoms with Crippen molar-refractivity contribution in [2.75, 3.05) is 14.9 Å². The zero-order chi connectivity index (χ0) is 23.9. The second kappa shape index (κ2) is 8.34. The van der Waals surface area contributed by atoms with Crippen LogP contribution in [0.25, 0.3) is 0 Å². The summed E-state index contributed by atoms with van der Waals surface area (Å²) < 4.78 is 46.6. The Kier molecular flexibility index (Phi) is 5.68. The van der Waals surface area contributed by atoms with E-state index in [0.29, 0.717) is 16.2 Å². The van der Waals surface area contributed by atoms with Gasteiger partial charge >= 0.3 is 0 Å². The van der Waals surface area contributed by atoms with Gasteiger partial charge in [0.1, 0.15) is 16.5 Å². The SMILES string of the molecule is Cc1noc(NS(=O)(=O)c2ccc(NC3=C(Cl)C(=O)N(c4ccccc4F)C3=O)cc2)c1C. The lowest BCUT2D eigenvalue weighted by Crippen LogP contribution is -2.33. The minimum Gasteiger partial charge on any atom is -0.350 e. The van der Waals surface area contributed by atoms with E-state index in [4.69, 9.17) is 16.1 Å². The fourth-order valence-electron chi connectivity index (χ4n) is 3.02. The van der Waals surface area contributed by atoms with Gasteiger partial charge in [0.05, 0.1) is 16.3 Å². The maximum atomic E-state index is 14.1. The molecule has 0 saturated carbocycles. The number of aryl methyl sites for hydroxylation is 1. The third-order valence-corrected chi connectivity index (χ3v) is 6.64. The van der Waals surface area contributed by atoms with E-state index in [1.54, 1.807) is 13.8 Å². The molecule has 12 heteroatoms. The Hall–Kier alpha value is -3.70. The number of imide groups is 1. The van der Waals surface area contributed by atoms with Crippen LogP contribution in [0.4, 0.5) is 21.6 Å². The maximum absolute atomic E-state index is 14.1. The van der Waals surface area contributed by atoms with Crippen LogP contribution >= 0.6 is 11.6 Å². The van der Waals surface area contributed by atoms with Crippen LogP contribution in [0.2, 0.25) is 0 Å². The first-order valence-electron chi connectivity index (χ1n) is 9.46. The molecule has 2 heterocycles. The van der Waals surface area contributed by atoms with Gasteiger partial charge in [-0.25, -0.2) is 22.4 Å². The predicted molar refractivity (Wildman–Crippen MR) is 119 cm³/mol. The molecule has 1 aromatic heterocycles. The molecule has 0 atom stereocenters. The number of para-hydroxylation sites is 1. The number of carbonyl (C=O) groups excluding carboxylic acids is 2. The number of amides is 2. The van der Waals surface area contributed by atoms with E-state index >= 15 is 0 Å². The van der Waals surface area contributed by atoms with Crippen molar-refractivity contribution in [3.8, 4) is 0 Å². The number of aromatic nitrogens is 1. The molecule has 0 fully saturated rings. The minimum absolute atomic E-state index is 0.00920. The number of hydrogen-bond donors (Lipinski definition) is 2. The predicted octanol–water partition coefficient (Wildman–Crippen LogP) is 3.67. The molecule has 0 bridgehead atoms. The summed E-state index contributed by atoms with van der Waals surface area (Å²) in [5, 5.41) is 5.98. The molecule has 170 valence electrons. The van der Waals surface area contributed by atoms with E-state index in [2.05, 4.69) is 15.2 Å². The Labute approximate surface area is 192 Å². The molecule has 2 aromatic carbocycles. The van der Waals surface area contributed by atoms with Crippen LogP contribution < -0.4 is 14.9 Å². The molecule has 1 aliphatic heterocycles. The molecule has 0 aliphatic carbocycles. The van der Waals surface area contributed by atoms with Crippen LogP contribution in [0.1, 0.15) is 11.3 Å². The molecule has 2 N–H and O–H groups in total. The normalized spacial score (nSPS) is 14.2. The van der Waals surface area contributed by atoms with Gasteiger partial charge in [-0.05, 0) is 50.2 Å². The summed E-state index contributed by atoms with van der Waals surface area (Å²) in [7, 11) is -3.97. The molecule has 3 aromatic rings. The number of hydrogen-bond acceptors (Lipinski definition) is 7. The summed E-state index contributed by atoms with van der Waals surface area (Å²) >= 11 is 6.04. The highest BCUT2D eigenvalue weighted by atomic mass is 35.5. The van der Waals surface area contributed by atoms with E-state index in [1.807, 2.05) is 0 Å². The number of benzene rings is 2. The molecule has 0 unspecified atom stereocenters. The lowest BCUT2D eigenvalue weighted by Gasteiger charge is -2.15. The summed E-state index contributed by atoms with van der Waals surface area (Å²) in [6, 6.07) is 10.6. The summed E-state index contributed by atoms with van der Waals surface area (Å²) in [5.74, 6) is -2.47. The lowest BCUT2D eigenvalue weighted by molar-refractivity contribution is -0.120. The highest BCUT2D eigenvalue weighted by Gasteiger charge is 2.40. The summed E-state index contributed by atoms with van der Waals surface area (Å²) in [4.78, 5) is 25.8. The van der Waals surface area contributed by atoms with E-state index in [0.717, 1.165) is 6.07 Å². The van der Waals surface area contributed by atoms with Gasteiger partial charge in [0.2, 0.25) is 5.88 Å². The second-order valence-electron chi connectivity index (χ2n) is 7.06. The zero-order valence-corrected chi connectivity index (χ0v) is 18.8. The van der Waals surface area contributed by atoms with Crippen molar-refractivity contribution in [1.29, 1.82) is 0 Å². The summed E-state index contributed by atoms with van der Waals surface area (Å²) in [5.41, 5.74) is 0.907. The quantitative estimate of drug-likeness (QED) is 0.505. The number of carbonyl (C=O) groups is 2. The Bertz CT molecular complexity index is 1420. The van der Waals surface area contributed by atoms with Gasteiger partial charge in [0.25, 0.3) is 21.8 Å². The molecule has 0 radical (unpaired) electrons. The number of nitrogens with zero attached hydrogens (tertiary/aromatic N) is 2. The fourth-order valence-corrected chi connectivity index (χ4v) is 4.28. The number of nitrogens with one attached hydrogen (secondary N) is 2. The Morgan fingerprint density at radius 3 is 2.30 bits per heavy atom. The monoisotopic (exact) mass is 490 g/mol. The van der Waals surface area contributed by atoms with Gasteiger partial charge in [-0.2, -0.15) is 0 Å². The maximum Gasteiger partial charge on any atom is 0.283 e. The van der Waals surface area contributed by atoms with Crippen LogP contribution in [0, 0.1) is 19.7 Å². The average Bonchev–Trinajstić information content (AvgIpc) is 3.20. The molecule has 2 amide bonds. The fraction of sp³-hybridized carbons (Fsp3) is 0.0952. The van der Waals surface area contributed by atoms with Gasteiger partial charge in [-0.1, -0.05) is 28.9 Å². The zero-order valence-electron chi connectivity index (χ0n) is 17.2. The van der Waals surface area contributed by atoms with Crippen molar-refractivity contribution in [2.45, 2.75) is 18.7 Å². The molecule has 4 rings (SSSR count). The minimum atomic E-state index is -3.97. The number of anilines is 3. The van der Waals surface area contributed by atoms with Crippen molar-refractivity contribution in [1.82, 2.24) is 5.16 Å². The third kappa shape index (κ3) is 4.08. The summed E-state index contributed by atoms with van der Waals surface area (Å²) in [6.45, 7) is 3.35. The van der Waals surface area contributed by atoms with E-state index in [9.17, 15) is 22.4 Å². The Morgan fingerprint density at radius 2 is 1.70 bits per heavy atom. The average molecular weight is 491 g/mol. The number of sulfonamides is 1. The number of rotatable bonds is 6. The van der Waals surface area contributed by atoms with Gasteiger partial charge in [-0.15, -0.1) is 0 Å². The second-order valence-corrected chi connectivity index (χ2v) is 9.12. The lowest BCUT2D eigenvalue weighted by atomic mass is 10.2. The molecule has 0 saturated heterocycles. The molecule has 9 nitrogen and oxygen atoms in total. The van der Waals surface area contributed by atoms with Crippen molar-refractivity contribution in [2.24, 2.45) is 0 Å². The van der Waals surface area contributed by atoms with Crippen LogP contribution in [-0.4, -0.2) is 25.4 Å². The standard InChI is InChI=1S/C21H16ClFN4O5S/c1-11-12(2)25-32-19(11)26-33(30,31)14-9-7-13(8-10-14)24-18-17(22)20(28)27(21(18)29)16-6-4-3-5-15(16)23/h3-10,24,26H,1-2H3. The van der Waals surface area contributed by atoms with E-state index in [-0.39, 0.29) is 27.9 Å². The Morgan fingerprint density at radius 1 is 1.03 bits per heavy atom. The van der Waals surface area contributed by atoms with Crippen LogP contribution in [0.15, 0.2) is 68.7 Å². The van der Waals surface area contributed by atoms with Crippen molar-refractivity contribution >= 4 is 50.7 Å². The largest absolute Gasteiger partial charge is 0.350 e. The highest BCUT2D eigenvalue weighted by Crippen LogP contribution is 2.31. The van der Waals surface area contributed by atoms with Gasteiger partial charge in [-0.3, -0.25) is 9.59 Å².